The van der Waals surface area contributed by atoms with Gasteiger partial charge in [0.25, 0.3) is 0 Å². The molecule has 0 radical (unpaired) electrons. The van der Waals surface area contributed by atoms with Crippen LogP contribution in [0.4, 0.5) is 0 Å². The predicted octanol–water partition coefficient (Wildman–Crippen LogP) is 1.61. The minimum Gasteiger partial charge on any atom is -0.468 e. The Morgan fingerprint density at radius 3 is 2.89 bits per heavy atom. The van der Waals surface area contributed by atoms with Crippen molar-refractivity contribution in [3.63, 3.8) is 0 Å². The highest BCUT2D eigenvalue weighted by atomic mass is 16.3. The molecule has 5 nitrogen and oxygen atoms in total. The molecule has 1 atom stereocenters. The number of likely N-dealkylation sites (N-methyl/N-ethyl adjacent to an activating group) is 1. The summed E-state index contributed by atoms with van der Waals surface area (Å²) in [5, 5.41) is 8.93. The molecule has 1 saturated heterocycles. The summed E-state index contributed by atoms with van der Waals surface area (Å²) in [6.07, 6.45) is 1.83. The maximum absolute atomic E-state index is 12.4. The molecular formula is C14H19N3O2. The first-order chi connectivity index (χ1) is 8.95. The summed E-state index contributed by atoms with van der Waals surface area (Å²) in [4.78, 5) is 16.1. The summed E-state index contributed by atoms with van der Waals surface area (Å²) in [6, 6.07) is 5.44. The largest absolute Gasteiger partial charge is 0.468 e. The van der Waals surface area contributed by atoms with E-state index in [1.165, 1.54) is 0 Å². The Bertz CT molecular complexity index is 487. The Hall–Kier alpha value is -1.80. The molecule has 1 aromatic rings. The van der Waals surface area contributed by atoms with Gasteiger partial charge in [-0.05, 0) is 26.0 Å². The number of nitrogens with zero attached hydrogens (tertiary/aromatic N) is 3. The number of amides is 1. The molecule has 0 bridgehead atoms. The van der Waals surface area contributed by atoms with Gasteiger partial charge in [-0.25, -0.2) is 0 Å². The summed E-state index contributed by atoms with van der Waals surface area (Å²) in [5.74, 6) is 0.820. The van der Waals surface area contributed by atoms with Gasteiger partial charge in [-0.2, -0.15) is 5.26 Å². The van der Waals surface area contributed by atoms with Crippen LogP contribution in [0.3, 0.4) is 0 Å². The van der Waals surface area contributed by atoms with Crippen LogP contribution in [0.2, 0.25) is 0 Å². The minimum absolute atomic E-state index is 0.00403. The van der Waals surface area contributed by atoms with Crippen LogP contribution in [0, 0.1) is 11.3 Å². The number of carbonyl (C=O) groups is 1. The smallest absolute Gasteiger partial charge is 0.241 e. The Morgan fingerprint density at radius 2 is 2.32 bits per heavy atom. The molecule has 102 valence electrons. The Morgan fingerprint density at radius 1 is 1.58 bits per heavy atom. The molecule has 19 heavy (non-hydrogen) atoms. The number of hydrogen-bond acceptors (Lipinski definition) is 4. The van der Waals surface area contributed by atoms with Crippen molar-refractivity contribution < 1.29 is 9.21 Å². The van der Waals surface area contributed by atoms with E-state index in [1.54, 1.807) is 18.2 Å². The van der Waals surface area contributed by atoms with Crippen LogP contribution in [0.5, 0.6) is 0 Å². The van der Waals surface area contributed by atoms with Crippen molar-refractivity contribution in [2.45, 2.75) is 38.4 Å². The van der Waals surface area contributed by atoms with Crippen LogP contribution < -0.4 is 0 Å². The van der Waals surface area contributed by atoms with E-state index in [9.17, 15) is 4.79 Å². The second kappa shape index (κ2) is 5.06. The minimum atomic E-state index is -0.381. The molecule has 1 unspecified atom stereocenters. The van der Waals surface area contributed by atoms with Crippen LogP contribution in [0.1, 0.15) is 26.0 Å². The molecule has 0 aliphatic carbocycles. The zero-order valence-corrected chi connectivity index (χ0v) is 11.6. The third-order valence-electron chi connectivity index (χ3n) is 3.78. The van der Waals surface area contributed by atoms with Gasteiger partial charge < -0.3 is 9.32 Å². The van der Waals surface area contributed by atoms with Gasteiger partial charge in [-0.1, -0.05) is 0 Å². The third-order valence-corrected chi connectivity index (χ3v) is 3.78. The summed E-state index contributed by atoms with van der Waals surface area (Å²) in [6.45, 7) is 5.34. The zero-order valence-electron chi connectivity index (χ0n) is 11.6. The SMILES string of the molecule is CN1C(=O)C(CC#N)N(Cc2ccco2)CC1(C)C. The van der Waals surface area contributed by atoms with Crippen molar-refractivity contribution in [2.24, 2.45) is 0 Å². The van der Waals surface area contributed by atoms with E-state index >= 15 is 0 Å². The standard InChI is InChI=1S/C14H19N3O2/c1-14(2)10-17(9-11-5-4-8-19-11)12(6-7-15)13(18)16(14)3/h4-5,8,12H,6,9-10H2,1-3H3. The molecule has 0 N–H and O–H groups in total. The summed E-state index contributed by atoms with van der Waals surface area (Å²) in [7, 11) is 1.80. The topological polar surface area (TPSA) is 60.5 Å². The van der Waals surface area contributed by atoms with Crippen LogP contribution in [-0.4, -0.2) is 40.9 Å². The first-order valence-corrected chi connectivity index (χ1v) is 6.37. The molecule has 1 aliphatic rings. The molecule has 1 amide bonds. The van der Waals surface area contributed by atoms with Crippen LogP contribution in [0.15, 0.2) is 22.8 Å². The fourth-order valence-electron chi connectivity index (χ4n) is 2.46. The number of furan rings is 1. The number of nitriles is 1. The number of rotatable bonds is 3. The van der Waals surface area contributed by atoms with E-state index in [0.717, 1.165) is 12.3 Å². The second-order valence-electron chi connectivity index (χ2n) is 5.57. The number of carbonyl (C=O) groups excluding carboxylic acids is 1. The second-order valence-corrected chi connectivity index (χ2v) is 5.57. The first kappa shape index (κ1) is 13.6. The van der Waals surface area contributed by atoms with Gasteiger partial charge in [0.15, 0.2) is 0 Å². The van der Waals surface area contributed by atoms with Crippen molar-refractivity contribution in [3.05, 3.63) is 24.2 Å². The van der Waals surface area contributed by atoms with E-state index in [-0.39, 0.29) is 23.9 Å². The highest BCUT2D eigenvalue weighted by Crippen LogP contribution is 2.26. The van der Waals surface area contributed by atoms with Gasteiger partial charge >= 0.3 is 0 Å². The normalized spacial score (nSPS) is 23.4. The number of piperazine rings is 1. The Labute approximate surface area is 113 Å². The molecule has 0 aromatic carbocycles. The summed E-state index contributed by atoms with van der Waals surface area (Å²) >= 11 is 0. The van der Waals surface area contributed by atoms with Gasteiger partial charge in [0.1, 0.15) is 11.8 Å². The van der Waals surface area contributed by atoms with Crippen molar-refractivity contribution in [3.8, 4) is 6.07 Å². The fourth-order valence-corrected chi connectivity index (χ4v) is 2.46. The Kier molecular flexibility index (Phi) is 3.63. The maximum atomic E-state index is 12.4. The van der Waals surface area contributed by atoms with Gasteiger partial charge in [0.05, 0.1) is 25.3 Å². The first-order valence-electron chi connectivity index (χ1n) is 6.37. The quantitative estimate of drug-likeness (QED) is 0.829. The van der Waals surface area contributed by atoms with Crippen LogP contribution in [0.25, 0.3) is 0 Å². The molecular weight excluding hydrogens is 242 g/mol. The molecule has 5 heteroatoms. The number of hydrogen-bond donors (Lipinski definition) is 0. The molecule has 2 heterocycles. The van der Waals surface area contributed by atoms with E-state index in [4.69, 9.17) is 9.68 Å². The zero-order chi connectivity index (χ0) is 14.0. The average molecular weight is 261 g/mol. The van der Waals surface area contributed by atoms with Gasteiger partial charge in [-0.15, -0.1) is 0 Å². The molecule has 0 saturated carbocycles. The highest BCUT2D eigenvalue weighted by molar-refractivity contribution is 5.83. The van der Waals surface area contributed by atoms with Crippen molar-refractivity contribution >= 4 is 5.91 Å². The van der Waals surface area contributed by atoms with Crippen molar-refractivity contribution in [1.29, 1.82) is 5.26 Å². The fraction of sp³-hybridized carbons (Fsp3) is 0.571. The lowest BCUT2D eigenvalue weighted by molar-refractivity contribution is -0.149. The molecule has 0 spiro atoms. The summed E-state index contributed by atoms with van der Waals surface area (Å²) < 4.78 is 5.34. The van der Waals surface area contributed by atoms with Crippen LogP contribution >= 0.6 is 0 Å². The van der Waals surface area contributed by atoms with Crippen molar-refractivity contribution in [2.75, 3.05) is 13.6 Å². The van der Waals surface area contributed by atoms with E-state index in [0.29, 0.717) is 6.54 Å². The molecule has 1 fully saturated rings. The molecule has 1 aliphatic heterocycles. The molecule has 2 rings (SSSR count). The van der Waals surface area contributed by atoms with E-state index in [1.807, 2.05) is 30.9 Å². The maximum Gasteiger partial charge on any atom is 0.241 e. The van der Waals surface area contributed by atoms with Gasteiger partial charge in [0, 0.05) is 19.1 Å². The average Bonchev–Trinajstić information content (AvgIpc) is 2.84. The lowest BCUT2D eigenvalue weighted by atomic mass is 9.94. The van der Waals surface area contributed by atoms with E-state index < -0.39 is 0 Å². The highest BCUT2D eigenvalue weighted by Gasteiger charge is 2.42. The molecule has 1 aromatic heterocycles. The van der Waals surface area contributed by atoms with Gasteiger partial charge in [-0.3, -0.25) is 9.69 Å². The monoisotopic (exact) mass is 261 g/mol. The third kappa shape index (κ3) is 2.64. The van der Waals surface area contributed by atoms with Crippen molar-refractivity contribution in [1.82, 2.24) is 9.80 Å². The Balaban J connectivity index is 2.22. The lowest BCUT2D eigenvalue weighted by Crippen LogP contribution is -2.64. The van der Waals surface area contributed by atoms with Crippen LogP contribution in [-0.2, 0) is 11.3 Å². The van der Waals surface area contributed by atoms with E-state index in [2.05, 4.69) is 6.07 Å². The lowest BCUT2D eigenvalue weighted by Gasteiger charge is -2.48. The predicted molar refractivity (Wildman–Crippen MR) is 70.0 cm³/mol. The summed E-state index contributed by atoms with van der Waals surface area (Å²) in [5.41, 5.74) is -0.240. The van der Waals surface area contributed by atoms with Gasteiger partial charge in [0.2, 0.25) is 5.91 Å².